The van der Waals surface area contributed by atoms with Crippen molar-refractivity contribution in [2.45, 2.75) is 6.61 Å². The molecule has 1 aliphatic rings. The highest BCUT2D eigenvalue weighted by atomic mass is 16.5. The Kier molecular flexibility index (Phi) is 5.32. The van der Waals surface area contributed by atoms with Crippen LogP contribution in [0.1, 0.15) is 5.56 Å². The van der Waals surface area contributed by atoms with Gasteiger partial charge in [-0.2, -0.15) is 0 Å². The molecule has 0 bridgehead atoms. The number of rotatable bonds is 4. The van der Waals surface area contributed by atoms with E-state index in [-0.39, 0.29) is 17.9 Å². The van der Waals surface area contributed by atoms with Gasteiger partial charge in [0.05, 0.1) is 32.1 Å². The van der Waals surface area contributed by atoms with E-state index < -0.39 is 11.9 Å². The number of carbonyl (C=O) groups excluding carboxylic acids is 2. The zero-order chi connectivity index (χ0) is 16.8. The molecule has 1 aromatic carbocycles. The van der Waals surface area contributed by atoms with Crippen LogP contribution >= 0.6 is 0 Å². The summed E-state index contributed by atoms with van der Waals surface area (Å²) in [6, 6.07) is 7.01. The van der Waals surface area contributed by atoms with Crippen LogP contribution in [0.15, 0.2) is 60.0 Å². The Bertz CT molecular complexity index is 703. The lowest BCUT2D eigenvalue weighted by atomic mass is 10.1. The average molecular weight is 315 g/mol. The third kappa shape index (κ3) is 3.32. The molecule has 2 rings (SSSR count). The second-order valence-electron chi connectivity index (χ2n) is 4.60. The second-order valence-corrected chi connectivity index (χ2v) is 4.60. The van der Waals surface area contributed by atoms with Crippen LogP contribution in [0.5, 0.6) is 0 Å². The molecular formula is C17H17NO5. The standard InChI is InChI=1S/C17H17NO5/c1-22-16(20)13-8-5-6-10-18(15(13)17(21)23-2)14-9-4-3-7-12(14)11-19/h3-10,19H,11H2,1-2H3. The fraction of sp³-hybridized carbons (Fsp3) is 0.176. The van der Waals surface area contributed by atoms with Gasteiger partial charge >= 0.3 is 11.9 Å². The van der Waals surface area contributed by atoms with Crippen LogP contribution < -0.4 is 4.90 Å². The minimum absolute atomic E-state index is 0.0188. The predicted octanol–water partition coefficient (Wildman–Crippen LogP) is 1.67. The molecule has 1 N–H and O–H groups in total. The van der Waals surface area contributed by atoms with Crippen LogP contribution in [0.3, 0.4) is 0 Å². The number of anilines is 1. The van der Waals surface area contributed by atoms with Gasteiger partial charge in [-0.05, 0) is 18.2 Å². The van der Waals surface area contributed by atoms with Gasteiger partial charge < -0.3 is 19.5 Å². The van der Waals surface area contributed by atoms with E-state index in [4.69, 9.17) is 9.47 Å². The van der Waals surface area contributed by atoms with Crippen LogP contribution in [0.2, 0.25) is 0 Å². The van der Waals surface area contributed by atoms with Gasteiger partial charge in [0.1, 0.15) is 5.70 Å². The van der Waals surface area contributed by atoms with Gasteiger partial charge in [0.25, 0.3) is 0 Å². The van der Waals surface area contributed by atoms with E-state index in [1.165, 1.54) is 25.2 Å². The first-order chi connectivity index (χ1) is 11.1. The smallest absolute Gasteiger partial charge is 0.355 e. The van der Waals surface area contributed by atoms with Crippen molar-refractivity contribution in [3.8, 4) is 0 Å². The monoisotopic (exact) mass is 315 g/mol. The minimum atomic E-state index is -0.686. The maximum absolute atomic E-state index is 12.3. The molecule has 0 atom stereocenters. The summed E-state index contributed by atoms with van der Waals surface area (Å²) in [7, 11) is 2.47. The van der Waals surface area contributed by atoms with Crippen molar-refractivity contribution in [2.75, 3.05) is 19.1 Å². The van der Waals surface area contributed by atoms with E-state index in [0.717, 1.165) is 0 Å². The number of benzene rings is 1. The molecule has 23 heavy (non-hydrogen) atoms. The van der Waals surface area contributed by atoms with Gasteiger partial charge in [0, 0.05) is 11.8 Å². The number of aliphatic hydroxyl groups excluding tert-OH is 1. The summed E-state index contributed by atoms with van der Waals surface area (Å²) < 4.78 is 9.57. The molecule has 0 saturated carbocycles. The van der Waals surface area contributed by atoms with Crippen molar-refractivity contribution in [3.63, 3.8) is 0 Å². The second kappa shape index (κ2) is 7.42. The Morgan fingerprint density at radius 1 is 1.09 bits per heavy atom. The molecule has 0 fully saturated rings. The SMILES string of the molecule is COC(=O)C1=C(C(=O)OC)N(c2ccccc2CO)C=CC=C1. The number of methoxy groups -OCH3 is 2. The lowest BCUT2D eigenvalue weighted by molar-refractivity contribution is -0.139. The Balaban J connectivity index is 2.68. The number of carbonyl (C=O) groups is 2. The number of para-hydroxylation sites is 1. The van der Waals surface area contributed by atoms with E-state index in [2.05, 4.69) is 0 Å². The third-order valence-corrected chi connectivity index (χ3v) is 3.31. The lowest BCUT2D eigenvalue weighted by Gasteiger charge is -2.24. The number of nitrogens with zero attached hydrogens (tertiary/aromatic N) is 1. The highest BCUT2D eigenvalue weighted by Gasteiger charge is 2.28. The third-order valence-electron chi connectivity index (χ3n) is 3.31. The van der Waals surface area contributed by atoms with Crippen molar-refractivity contribution in [2.24, 2.45) is 0 Å². The van der Waals surface area contributed by atoms with Gasteiger partial charge in [-0.15, -0.1) is 0 Å². The summed E-state index contributed by atoms with van der Waals surface area (Å²) in [5.41, 5.74) is 1.25. The zero-order valence-corrected chi connectivity index (χ0v) is 12.9. The van der Waals surface area contributed by atoms with Gasteiger partial charge in [-0.25, -0.2) is 9.59 Å². The summed E-state index contributed by atoms with van der Waals surface area (Å²) in [4.78, 5) is 25.8. The summed E-state index contributed by atoms with van der Waals surface area (Å²) in [6.45, 7) is -0.212. The zero-order valence-electron chi connectivity index (χ0n) is 12.9. The average Bonchev–Trinajstić information content (AvgIpc) is 2.83. The molecule has 0 spiro atoms. The molecule has 1 heterocycles. The van der Waals surface area contributed by atoms with E-state index in [0.29, 0.717) is 11.3 Å². The molecule has 0 amide bonds. The van der Waals surface area contributed by atoms with Crippen LogP contribution in [0, 0.1) is 0 Å². The lowest BCUT2D eigenvalue weighted by Crippen LogP contribution is -2.27. The molecule has 6 nitrogen and oxygen atoms in total. The van der Waals surface area contributed by atoms with Crippen molar-refractivity contribution in [1.29, 1.82) is 0 Å². The minimum Gasteiger partial charge on any atom is -0.465 e. The number of hydrogen-bond acceptors (Lipinski definition) is 6. The number of ether oxygens (including phenoxy) is 2. The molecule has 120 valence electrons. The highest BCUT2D eigenvalue weighted by Crippen LogP contribution is 2.29. The van der Waals surface area contributed by atoms with Gasteiger partial charge in [0.2, 0.25) is 0 Å². The number of aliphatic hydroxyl groups is 1. The fourth-order valence-electron chi connectivity index (χ4n) is 2.23. The molecule has 0 aromatic heterocycles. The summed E-state index contributed by atoms with van der Waals surface area (Å²) in [5.74, 6) is -1.34. The quantitative estimate of drug-likeness (QED) is 0.852. The Labute approximate surface area is 133 Å². The Hall–Kier alpha value is -2.86. The summed E-state index contributed by atoms with van der Waals surface area (Å²) >= 11 is 0. The van der Waals surface area contributed by atoms with Crippen molar-refractivity contribution in [3.05, 3.63) is 65.5 Å². The van der Waals surface area contributed by atoms with Crippen LogP contribution in [-0.4, -0.2) is 31.3 Å². The molecular weight excluding hydrogens is 298 g/mol. The number of allylic oxidation sites excluding steroid dienone is 2. The molecule has 0 radical (unpaired) electrons. The van der Waals surface area contributed by atoms with Gasteiger partial charge in [0.15, 0.2) is 0 Å². The van der Waals surface area contributed by atoms with Crippen LogP contribution in [-0.2, 0) is 25.7 Å². The van der Waals surface area contributed by atoms with E-state index in [9.17, 15) is 14.7 Å². The maximum Gasteiger partial charge on any atom is 0.355 e. The Morgan fingerprint density at radius 3 is 2.43 bits per heavy atom. The number of esters is 2. The first-order valence-corrected chi connectivity index (χ1v) is 6.87. The van der Waals surface area contributed by atoms with Crippen molar-refractivity contribution >= 4 is 17.6 Å². The highest BCUT2D eigenvalue weighted by molar-refractivity contribution is 6.05. The molecule has 0 saturated heterocycles. The largest absolute Gasteiger partial charge is 0.465 e. The van der Waals surface area contributed by atoms with E-state index >= 15 is 0 Å². The molecule has 0 aliphatic carbocycles. The maximum atomic E-state index is 12.3. The fourth-order valence-corrected chi connectivity index (χ4v) is 2.23. The van der Waals surface area contributed by atoms with E-state index in [1.807, 2.05) is 0 Å². The molecule has 1 aliphatic heterocycles. The summed E-state index contributed by atoms with van der Waals surface area (Å²) in [5, 5.41) is 9.53. The first-order valence-electron chi connectivity index (χ1n) is 6.87. The number of hydrogen-bond donors (Lipinski definition) is 1. The molecule has 0 unspecified atom stereocenters. The summed E-state index contributed by atoms with van der Waals surface area (Å²) in [6.07, 6.45) is 6.40. The van der Waals surface area contributed by atoms with Crippen LogP contribution in [0.25, 0.3) is 0 Å². The van der Waals surface area contributed by atoms with Crippen molar-refractivity contribution < 1.29 is 24.2 Å². The van der Waals surface area contributed by atoms with Gasteiger partial charge in [-0.3, -0.25) is 0 Å². The topological polar surface area (TPSA) is 76.1 Å². The van der Waals surface area contributed by atoms with Crippen LogP contribution in [0.4, 0.5) is 5.69 Å². The Morgan fingerprint density at radius 2 is 1.78 bits per heavy atom. The normalized spacial score (nSPS) is 13.8. The van der Waals surface area contributed by atoms with Gasteiger partial charge in [-0.1, -0.05) is 24.3 Å². The van der Waals surface area contributed by atoms with Crippen molar-refractivity contribution in [1.82, 2.24) is 0 Å². The predicted molar refractivity (Wildman–Crippen MR) is 84.2 cm³/mol. The molecule has 6 heteroatoms. The molecule has 1 aromatic rings. The first kappa shape index (κ1) is 16.5. The van der Waals surface area contributed by atoms with E-state index in [1.54, 1.807) is 42.6 Å².